The molecule has 108 valence electrons. The number of sulfone groups is 1. The van der Waals surface area contributed by atoms with Gasteiger partial charge in [0.15, 0.2) is 9.84 Å². The highest BCUT2D eigenvalue weighted by atomic mass is 32.2. The molecule has 1 aliphatic heterocycles. The Kier molecular flexibility index (Phi) is 4.89. The summed E-state index contributed by atoms with van der Waals surface area (Å²) in [6.07, 6.45) is 3.98. The van der Waals surface area contributed by atoms with Crippen molar-refractivity contribution < 1.29 is 13.5 Å². The van der Waals surface area contributed by atoms with Crippen LogP contribution in [-0.4, -0.2) is 52.7 Å². The van der Waals surface area contributed by atoms with Gasteiger partial charge in [-0.1, -0.05) is 5.21 Å². The van der Waals surface area contributed by atoms with Gasteiger partial charge in [0.2, 0.25) is 0 Å². The number of aromatic nitrogens is 3. The van der Waals surface area contributed by atoms with E-state index in [0.717, 1.165) is 18.5 Å². The monoisotopic (exact) mass is 288 g/mol. The van der Waals surface area contributed by atoms with Crippen molar-refractivity contribution >= 4 is 9.84 Å². The van der Waals surface area contributed by atoms with Gasteiger partial charge in [-0.05, 0) is 19.3 Å². The van der Waals surface area contributed by atoms with E-state index in [4.69, 9.17) is 5.11 Å². The van der Waals surface area contributed by atoms with Crippen LogP contribution in [0.15, 0.2) is 6.20 Å². The summed E-state index contributed by atoms with van der Waals surface area (Å²) in [4.78, 5) is 0. The minimum absolute atomic E-state index is 0.132. The third kappa shape index (κ3) is 3.99. The van der Waals surface area contributed by atoms with Crippen LogP contribution < -0.4 is 5.32 Å². The van der Waals surface area contributed by atoms with Gasteiger partial charge in [0, 0.05) is 32.4 Å². The summed E-state index contributed by atoms with van der Waals surface area (Å²) >= 11 is 0. The highest BCUT2D eigenvalue weighted by Gasteiger charge is 2.30. The van der Waals surface area contributed by atoms with Gasteiger partial charge in [-0.2, -0.15) is 0 Å². The van der Waals surface area contributed by atoms with Crippen LogP contribution in [-0.2, 0) is 22.9 Å². The molecule has 1 unspecified atom stereocenters. The molecule has 1 fully saturated rings. The van der Waals surface area contributed by atoms with Crippen LogP contribution >= 0.6 is 0 Å². The summed E-state index contributed by atoms with van der Waals surface area (Å²) in [6.45, 7) is 1.77. The van der Waals surface area contributed by atoms with Crippen molar-refractivity contribution in [1.29, 1.82) is 0 Å². The molecule has 1 aromatic rings. The molecule has 0 bridgehead atoms. The van der Waals surface area contributed by atoms with E-state index in [0.29, 0.717) is 31.8 Å². The average molecular weight is 288 g/mol. The second-order valence-electron chi connectivity index (χ2n) is 4.81. The first-order valence-corrected chi connectivity index (χ1v) is 8.25. The van der Waals surface area contributed by atoms with Crippen molar-refractivity contribution in [3.8, 4) is 0 Å². The Balaban J connectivity index is 1.75. The molecule has 1 aliphatic rings. The summed E-state index contributed by atoms with van der Waals surface area (Å²) in [5.41, 5.74) is 0.785. The molecule has 2 rings (SSSR count). The standard InChI is InChI=1S/C11H20N4O3S/c16-5-2-4-15-9-10(13-14-15)7-12-8-11-3-1-6-19(11,17)18/h9,11-12,16H,1-8H2. The van der Waals surface area contributed by atoms with Gasteiger partial charge in [-0.15, -0.1) is 5.10 Å². The van der Waals surface area contributed by atoms with Crippen LogP contribution in [0.25, 0.3) is 0 Å². The van der Waals surface area contributed by atoms with Crippen molar-refractivity contribution in [2.24, 2.45) is 0 Å². The molecule has 1 atom stereocenters. The largest absolute Gasteiger partial charge is 0.396 e. The van der Waals surface area contributed by atoms with Gasteiger partial charge in [0.25, 0.3) is 0 Å². The Labute approximate surface area is 112 Å². The zero-order valence-electron chi connectivity index (χ0n) is 10.8. The molecule has 8 heteroatoms. The number of aliphatic hydroxyl groups excluding tert-OH is 1. The third-order valence-electron chi connectivity index (χ3n) is 3.27. The van der Waals surface area contributed by atoms with Gasteiger partial charge in [0.1, 0.15) is 0 Å². The van der Waals surface area contributed by atoms with Gasteiger partial charge < -0.3 is 10.4 Å². The lowest BCUT2D eigenvalue weighted by atomic mass is 10.2. The fourth-order valence-corrected chi connectivity index (χ4v) is 4.01. The van der Waals surface area contributed by atoms with Crippen LogP contribution in [0.2, 0.25) is 0 Å². The van der Waals surface area contributed by atoms with E-state index in [2.05, 4.69) is 15.6 Å². The highest BCUT2D eigenvalue weighted by molar-refractivity contribution is 7.92. The lowest BCUT2D eigenvalue weighted by Gasteiger charge is -2.09. The maximum absolute atomic E-state index is 11.6. The molecule has 0 spiro atoms. The Hall–Kier alpha value is -0.990. The summed E-state index contributed by atoms with van der Waals surface area (Å²) in [6, 6.07) is 0. The predicted molar refractivity (Wildman–Crippen MR) is 70.2 cm³/mol. The van der Waals surface area contributed by atoms with Gasteiger partial charge in [0.05, 0.1) is 16.7 Å². The summed E-state index contributed by atoms with van der Waals surface area (Å²) in [5.74, 6) is 0.316. The molecule has 0 radical (unpaired) electrons. The Morgan fingerprint density at radius 1 is 1.53 bits per heavy atom. The smallest absolute Gasteiger partial charge is 0.154 e. The van der Waals surface area contributed by atoms with Crippen LogP contribution in [0, 0.1) is 0 Å². The van der Waals surface area contributed by atoms with E-state index >= 15 is 0 Å². The number of rotatable bonds is 7. The van der Waals surface area contributed by atoms with Crippen LogP contribution in [0.4, 0.5) is 0 Å². The van der Waals surface area contributed by atoms with E-state index in [1.165, 1.54) is 0 Å². The fourth-order valence-electron chi connectivity index (χ4n) is 2.21. The summed E-state index contributed by atoms with van der Waals surface area (Å²) in [5, 5.41) is 19.5. The van der Waals surface area contributed by atoms with E-state index < -0.39 is 9.84 Å². The first kappa shape index (κ1) is 14.4. The molecule has 1 saturated heterocycles. The molecule has 1 aromatic heterocycles. The van der Waals surface area contributed by atoms with Crippen molar-refractivity contribution in [3.05, 3.63) is 11.9 Å². The summed E-state index contributed by atoms with van der Waals surface area (Å²) < 4.78 is 24.9. The molecule has 2 heterocycles. The van der Waals surface area contributed by atoms with Gasteiger partial charge in [-0.3, -0.25) is 4.68 Å². The predicted octanol–water partition coefficient (Wildman–Crippen LogP) is -0.673. The number of hydrogen-bond donors (Lipinski definition) is 2. The highest BCUT2D eigenvalue weighted by Crippen LogP contribution is 2.19. The van der Waals surface area contributed by atoms with Crippen molar-refractivity contribution in [1.82, 2.24) is 20.3 Å². The molecule has 0 aliphatic carbocycles. The zero-order valence-corrected chi connectivity index (χ0v) is 11.6. The molecule has 0 amide bonds. The van der Waals surface area contributed by atoms with Gasteiger partial charge in [-0.25, -0.2) is 8.42 Å². The quantitative estimate of drug-likeness (QED) is 0.690. The Bertz CT molecular complexity index is 500. The number of hydrogen-bond acceptors (Lipinski definition) is 6. The lowest BCUT2D eigenvalue weighted by molar-refractivity contribution is 0.276. The second kappa shape index (κ2) is 6.44. The normalized spacial score (nSPS) is 21.8. The van der Waals surface area contributed by atoms with Crippen molar-refractivity contribution in [3.63, 3.8) is 0 Å². The SMILES string of the molecule is O=S1(=O)CCCC1CNCc1cn(CCCO)nn1. The van der Waals surface area contributed by atoms with E-state index in [1.807, 2.05) is 6.20 Å². The Morgan fingerprint density at radius 2 is 2.37 bits per heavy atom. The van der Waals surface area contributed by atoms with Crippen LogP contribution in [0.3, 0.4) is 0 Å². The fraction of sp³-hybridized carbons (Fsp3) is 0.818. The maximum Gasteiger partial charge on any atom is 0.154 e. The van der Waals surface area contributed by atoms with E-state index in [9.17, 15) is 8.42 Å². The minimum atomic E-state index is -2.88. The third-order valence-corrected chi connectivity index (χ3v) is 5.55. The average Bonchev–Trinajstić information content (AvgIpc) is 2.94. The number of nitrogens with one attached hydrogen (secondary N) is 1. The molecule has 0 saturated carbocycles. The van der Waals surface area contributed by atoms with Crippen molar-refractivity contribution in [2.45, 2.75) is 37.6 Å². The number of aryl methyl sites for hydroxylation is 1. The lowest BCUT2D eigenvalue weighted by Crippen LogP contribution is -2.30. The van der Waals surface area contributed by atoms with Crippen LogP contribution in [0.1, 0.15) is 25.0 Å². The topological polar surface area (TPSA) is 97.1 Å². The molecule has 19 heavy (non-hydrogen) atoms. The molecular formula is C11H20N4O3S. The minimum Gasteiger partial charge on any atom is -0.396 e. The van der Waals surface area contributed by atoms with E-state index in [-0.39, 0.29) is 11.9 Å². The Morgan fingerprint density at radius 3 is 3.05 bits per heavy atom. The number of aliphatic hydroxyl groups is 1. The second-order valence-corrected chi connectivity index (χ2v) is 7.21. The van der Waals surface area contributed by atoms with E-state index in [1.54, 1.807) is 4.68 Å². The molecule has 7 nitrogen and oxygen atoms in total. The molecular weight excluding hydrogens is 268 g/mol. The van der Waals surface area contributed by atoms with Gasteiger partial charge >= 0.3 is 0 Å². The zero-order chi connectivity index (χ0) is 13.7. The first-order valence-electron chi connectivity index (χ1n) is 6.54. The van der Waals surface area contributed by atoms with Crippen molar-refractivity contribution in [2.75, 3.05) is 18.9 Å². The van der Waals surface area contributed by atoms with Crippen LogP contribution in [0.5, 0.6) is 0 Å². The first-order chi connectivity index (χ1) is 9.12. The maximum atomic E-state index is 11.6. The summed E-state index contributed by atoms with van der Waals surface area (Å²) in [7, 11) is -2.88. The number of nitrogens with zero attached hydrogens (tertiary/aromatic N) is 3. The molecule has 0 aromatic carbocycles. The molecule has 2 N–H and O–H groups in total.